The van der Waals surface area contributed by atoms with Crippen molar-refractivity contribution in [3.63, 3.8) is 0 Å². The summed E-state index contributed by atoms with van der Waals surface area (Å²) in [6.07, 6.45) is 6.51. The van der Waals surface area contributed by atoms with Gasteiger partial charge < -0.3 is 4.74 Å². The average Bonchev–Trinajstić information content (AvgIpc) is 2.27. The Morgan fingerprint density at radius 1 is 1.28 bits per heavy atom. The molecule has 1 atom stereocenters. The van der Waals surface area contributed by atoms with Crippen LogP contribution in [0.3, 0.4) is 0 Å². The monoisotopic (exact) mass is 316 g/mol. The third-order valence-corrected chi connectivity index (χ3v) is 3.89. The second-order valence-corrected chi connectivity index (χ2v) is 5.13. The normalized spacial score (nSPS) is 15.5. The number of ketones is 1. The summed E-state index contributed by atoms with van der Waals surface area (Å²) >= 11 is 3.35. The van der Waals surface area contributed by atoms with Crippen LogP contribution in [-0.2, 0) is 14.3 Å². The molecule has 0 radical (unpaired) electrons. The quantitative estimate of drug-likeness (QED) is 0.410. The standard InChI is InChI=1S/C14H21BrO3/c1-11(7-9-18-13(3)17)6-5-8-14(4,10-15)12(2)16/h5,7-8H,6,9-10H2,1-4H3. The number of hydrogen-bond donors (Lipinski definition) is 0. The molecule has 0 aliphatic heterocycles. The summed E-state index contributed by atoms with van der Waals surface area (Å²) in [4.78, 5) is 22.0. The summed E-state index contributed by atoms with van der Waals surface area (Å²) in [7, 11) is 0. The number of hydrogen-bond acceptors (Lipinski definition) is 3. The van der Waals surface area contributed by atoms with Crippen LogP contribution in [-0.4, -0.2) is 23.7 Å². The highest BCUT2D eigenvalue weighted by Gasteiger charge is 2.24. The van der Waals surface area contributed by atoms with Crippen molar-refractivity contribution < 1.29 is 14.3 Å². The van der Waals surface area contributed by atoms with Crippen molar-refractivity contribution >= 4 is 27.7 Å². The second kappa shape index (κ2) is 8.25. The van der Waals surface area contributed by atoms with E-state index in [1.807, 2.05) is 32.1 Å². The lowest BCUT2D eigenvalue weighted by molar-refractivity contribution is -0.139. The number of Topliss-reactive ketones (excluding diaryl/α,β-unsaturated/α-hetero) is 1. The Morgan fingerprint density at radius 2 is 1.89 bits per heavy atom. The van der Waals surface area contributed by atoms with Crippen LogP contribution in [0.5, 0.6) is 0 Å². The number of alkyl halides is 1. The van der Waals surface area contributed by atoms with Crippen molar-refractivity contribution in [2.24, 2.45) is 5.41 Å². The Morgan fingerprint density at radius 3 is 2.33 bits per heavy atom. The van der Waals surface area contributed by atoms with Crippen LogP contribution in [0.2, 0.25) is 0 Å². The first-order valence-corrected chi connectivity index (χ1v) is 6.97. The zero-order valence-corrected chi connectivity index (χ0v) is 13.0. The average molecular weight is 317 g/mol. The Balaban J connectivity index is 4.30. The van der Waals surface area contributed by atoms with Gasteiger partial charge in [0.25, 0.3) is 0 Å². The molecule has 3 nitrogen and oxygen atoms in total. The van der Waals surface area contributed by atoms with Gasteiger partial charge in [0.1, 0.15) is 12.4 Å². The summed E-state index contributed by atoms with van der Waals surface area (Å²) in [5, 5.41) is 0.613. The van der Waals surface area contributed by atoms with Gasteiger partial charge in [-0.1, -0.05) is 33.7 Å². The number of rotatable bonds is 7. The minimum Gasteiger partial charge on any atom is -0.462 e. The van der Waals surface area contributed by atoms with Crippen molar-refractivity contribution in [2.45, 2.75) is 34.1 Å². The van der Waals surface area contributed by atoms with Crippen molar-refractivity contribution in [3.05, 3.63) is 23.8 Å². The molecule has 0 heterocycles. The zero-order valence-electron chi connectivity index (χ0n) is 11.5. The molecule has 0 aromatic carbocycles. The smallest absolute Gasteiger partial charge is 0.302 e. The maximum Gasteiger partial charge on any atom is 0.302 e. The van der Waals surface area contributed by atoms with Crippen molar-refractivity contribution in [1.82, 2.24) is 0 Å². The van der Waals surface area contributed by atoms with Crippen LogP contribution in [0.1, 0.15) is 34.1 Å². The Bertz CT molecular complexity index is 358. The van der Waals surface area contributed by atoms with Gasteiger partial charge in [0.2, 0.25) is 0 Å². The van der Waals surface area contributed by atoms with Gasteiger partial charge in [0, 0.05) is 12.3 Å². The topological polar surface area (TPSA) is 43.4 Å². The molecule has 18 heavy (non-hydrogen) atoms. The van der Waals surface area contributed by atoms with Gasteiger partial charge in [-0.3, -0.25) is 9.59 Å². The number of carbonyl (C=O) groups excluding carboxylic acids is 2. The van der Waals surface area contributed by atoms with E-state index in [0.717, 1.165) is 12.0 Å². The third kappa shape index (κ3) is 6.74. The Kier molecular flexibility index (Phi) is 7.83. The van der Waals surface area contributed by atoms with Crippen molar-refractivity contribution in [3.8, 4) is 0 Å². The van der Waals surface area contributed by atoms with Gasteiger partial charge in [-0.2, -0.15) is 0 Å². The molecule has 0 fully saturated rings. The predicted octanol–water partition coefficient (Wildman–Crippen LogP) is 3.43. The molecule has 0 rings (SSSR count). The van der Waals surface area contributed by atoms with E-state index in [1.165, 1.54) is 6.92 Å². The first-order valence-electron chi connectivity index (χ1n) is 5.85. The first-order chi connectivity index (χ1) is 8.31. The SMILES string of the molecule is CC(=O)OCC=C(C)CC=CC(C)(CBr)C(C)=O. The molecule has 0 saturated carbocycles. The lowest BCUT2D eigenvalue weighted by Crippen LogP contribution is -2.24. The first kappa shape index (κ1) is 17.1. The van der Waals surface area contributed by atoms with Crippen LogP contribution in [0, 0.1) is 5.41 Å². The van der Waals surface area contributed by atoms with Crippen LogP contribution in [0.25, 0.3) is 0 Å². The van der Waals surface area contributed by atoms with E-state index in [2.05, 4.69) is 15.9 Å². The highest BCUT2D eigenvalue weighted by atomic mass is 79.9. The summed E-state index contributed by atoms with van der Waals surface area (Å²) in [6.45, 7) is 7.15. The molecular formula is C14H21BrO3. The number of esters is 1. The van der Waals surface area contributed by atoms with Crippen molar-refractivity contribution in [1.29, 1.82) is 0 Å². The van der Waals surface area contributed by atoms with E-state index in [4.69, 9.17) is 4.74 Å². The summed E-state index contributed by atoms with van der Waals surface area (Å²) < 4.78 is 4.82. The largest absolute Gasteiger partial charge is 0.462 e. The summed E-state index contributed by atoms with van der Waals surface area (Å²) in [5.41, 5.74) is 0.656. The highest BCUT2D eigenvalue weighted by molar-refractivity contribution is 9.09. The van der Waals surface area contributed by atoms with Crippen molar-refractivity contribution in [2.75, 3.05) is 11.9 Å². The Hall–Kier alpha value is -0.900. The molecule has 0 spiro atoms. The second-order valence-electron chi connectivity index (χ2n) is 4.57. The molecule has 4 heteroatoms. The van der Waals surface area contributed by atoms with Gasteiger partial charge >= 0.3 is 5.97 Å². The fourth-order valence-electron chi connectivity index (χ4n) is 1.15. The number of carbonyl (C=O) groups is 2. The van der Waals surface area contributed by atoms with Gasteiger partial charge in [0.05, 0.1) is 5.41 Å². The maximum atomic E-state index is 11.5. The van der Waals surface area contributed by atoms with Crippen LogP contribution in [0.4, 0.5) is 0 Å². The van der Waals surface area contributed by atoms with E-state index in [1.54, 1.807) is 6.92 Å². The lowest BCUT2D eigenvalue weighted by Gasteiger charge is -2.19. The molecule has 0 N–H and O–H groups in total. The molecule has 0 aliphatic rings. The summed E-state index contributed by atoms with van der Waals surface area (Å²) in [5.74, 6) is -0.143. The lowest BCUT2D eigenvalue weighted by atomic mass is 9.88. The molecular weight excluding hydrogens is 296 g/mol. The van der Waals surface area contributed by atoms with Gasteiger partial charge in [-0.25, -0.2) is 0 Å². The minimum atomic E-state index is -0.448. The number of ether oxygens (including phenoxy) is 1. The zero-order chi connectivity index (χ0) is 14.2. The fourth-order valence-corrected chi connectivity index (χ4v) is 1.73. The molecule has 0 aliphatic carbocycles. The van der Waals surface area contributed by atoms with E-state index in [0.29, 0.717) is 11.9 Å². The van der Waals surface area contributed by atoms with E-state index >= 15 is 0 Å². The van der Waals surface area contributed by atoms with Gasteiger partial charge in [-0.05, 0) is 33.3 Å². The van der Waals surface area contributed by atoms with Crippen LogP contribution < -0.4 is 0 Å². The van der Waals surface area contributed by atoms with E-state index < -0.39 is 5.41 Å². The molecule has 0 bridgehead atoms. The minimum absolute atomic E-state index is 0.136. The third-order valence-electron chi connectivity index (χ3n) is 2.73. The van der Waals surface area contributed by atoms with Gasteiger partial charge in [0.15, 0.2) is 0 Å². The molecule has 0 amide bonds. The van der Waals surface area contributed by atoms with E-state index in [9.17, 15) is 9.59 Å². The van der Waals surface area contributed by atoms with Crippen LogP contribution >= 0.6 is 15.9 Å². The fraction of sp³-hybridized carbons (Fsp3) is 0.571. The van der Waals surface area contributed by atoms with Gasteiger partial charge in [-0.15, -0.1) is 0 Å². The molecule has 1 unspecified atom stereocenters. The van der Waals surface area contributed by atoms with E-state index in [-0.39, 0.29) is 11.8 Å². The highest BCUT2D eigenvalue weighted by Crippen LogP contribution is 2.23. The molecule has 0 saturated heterocycles. The Labute approximate surface area is 117 Å². The number of allylic oxidation sites excluding steroid dienone is 3. The maximum absolute atomic E-state index is 11.5. The van der Waals surface area contributed by atoms with Crippen LogP contribution in [0.15, 0.2) is 23.8 Å². The molecule has 0 aromatic rings. The molecule has 0 aromatic heterocycles. The number of halogens is 1. The predicted molar refractivity (Wildman–Crippen MR) is 76.7 cm³/mol. The molecule has 102 valence electrons. The summed E-state index contributed by atoms with van der Waals surface area (Å²) in [6, 6.07) is 0.